The Balaban J connectivity index is 2.97. The Morgan fingerprint density at radius 2 is 1.76 bits per heavy atom. The van der Waals surface area contributed by atoms with Gasteiger partial charge in [0.1, 0.15) is 0 Å². The first kappa shape index (κ1) is 11.4. The molecule has 0 aliphatic heterocycles. The Bertz CT molecular complexity index is 701. The van der Waals surface area contributed by atoms with Crippen molar-refractivity contribution in [1.29, 1.82) is 0 Å². The van der Waals surface area contributed by atoms with E-state index in [4.69, 9.17) is 10.2 Å². The van der Waals surface area contributed by atoms with Crippen molar-refractivity contribution in [3.8, 4) is 0 Å². The monoisotopic (exact) mass is 239 g/mol. The molecular formula is C8H9N5O4. The molecule has 0 atom stereocenters. The van der Waals surface area contributed by atoms with E-state index in [9.17, 15) is 9.59 Å². The molecule has 9 heteroatoms. The number of hydrogen-bond donors (Lipinski definition) is 2. The highest BCUT2D eigenvalue weighted by Crippen LogP contribution is 2.04. The highest BCUT2D eigenvalue weighted by Gasteiger charge is 2.15. The van der Waals surface area contributed by atoms with E-state index in [1.165, 1.54) is 14.1 Å². The average Bonchev–Trinajstić information content (AvgIpc) is 2.32. The third-order valence-corrected chi connectivity index (χ3v) is 2.32. The number of aliphatic hydroxyl groups is 2. The summed E-state index contributed by atoms with van der Waals surface area (Å²) in [6.07, 6.45) is -1.92. The topological polar surface area (TPSA) is 123 Å². The third kappa shape index (κ3) is 1.61. The lowest BCUT2D eigenvalue weighted by molar-refractivity contribution is -0.0498. The quantitative estimate of drug-likeness (QED) is 0.523. The maximum Gasteiger partial charge on any atom is 0.332 e. The van der Waals surface area contributed by atoms with Crippen molar-refractivity contribution in [2.75, 3.05) is 0 Å². The molecule has 2 N–H and O–H groups in total. The molecule has 0 spiro atoms. The van der Waals surface area contributed by atoms with Gasteiger partial charge in [-0.2, -0.15) is 0 Å². The van der Waals surface area contributed by atoms with Crippen LogP contribution in [0.5, 0.6) is 0 Å². The van der Waals surface area contributed by atoms with Crippen LogP contribution in [0.3, 0.4) is 0 Å². The molecule has 0 saturated carbocycles. The smallest absolute Gasteiger partial charge is 0.332 e. The van der Waals surface area contributed by atoms with Gasteiger partial charge >= 0.3 is 5.69 Å². The van der Waals surface area contributed by atoms with Gasteiger partial charge in [-0.15, -0.1) is 10.2 Å². The maximum atomic E-state index is 11.7. The minimum Gasteiger partial charge on any atom is -0.362 e. The molecule has 0 unspecified atom stereocenters. The standard InChI is InChI=1S/C8H9N5O4/c1-12-5-3(6(14)13(2)8(12)17)9-4(7(15)16)10-11-5/h7,15-16H,1-2H3. The fourth-order valence-electron chi connectivity index (χ4n) is 1.37. The Labute approximate surface area is 93.6 Å². The van der Waals surface area contributed by atoms with Crippen molar-refractivity contribution in [2.45, 2.75) is 6.29 Å². The fourth-order valence-corrected chi connectivity index (χ4v) is 1.37. The zero-order valence-electron chi connectivity index (χ0n) is 9.02. The van der Waals surface area contributed by atoms with Gasteiger partial charge in [0.25, 0.3) is 5.56 Å². The molecule has 2 aromatic heterocycles. The average molecular weight is 239 g/mol. The summed E-state index contributed by atoms with van der Waals surface area (Å²) in [5.41, 5.74) is -1.38. The highest BCUT2D eigenvalue weighted by molar-refractivity contribution is 5.67. The largest absolute Gasteiger partial charge is 0.362 e. The molecule has 0 radical (unpaired) electrons. The first-order valence-electron chi connectivity index (χ1n) is 4.60. The van der Waals surface area contributed by atoms with Crippen molar-refractivity contribution in [3.05, 3.63) is 26.7 Å². The van der Waals surface area contributed by atoms with Crippen LogP contribution in [0.25, 0.3) is 11.2 Å². The number of hydrogen-bond acceptors (Lipinski definition) is 7. The number of aryl methyl sites for hydroxylation is 1. The second kappa shape index (κ2) is 3.71. The van der Waals surface area contributed by atoms with E-state index in [2.05, 4.69) is 15.2 Å². The molecule has 2 rings (SSSR count). The predicted octanol–water partition coefficient (Wildman–Crippen LogP) is -2.59. The number of rotatable bonds is 1. The molecule has 2 heterocycles. The second-order valence-electron chi connectivity index (χ2n) is 3.42. The van der Waals surface area contributed by atoms with Gasteiger partial charge < -0.3 is 10.2 Å². The molecule has 0 aromatic carbocycles. The molecule has 0 aliphatic carbocycles. The summed E-state index contributed by atoms with van der Waals surface area (Å²) in [7, 11) is 2.71. The van der Waals surface area contributed by atoms with Gasteiger partial charge in [-0.05, 0) is 0 Å². The lowest BCUT2D eigenvalue weighted by Gasteiger charge is -2.06. The summed E-state index contributed by atoms with van der Waals surface area (Å²) in [6, 6.07) is 0. The Morgan fingerprint density at radius 3 is 2.35 bits per heavy atom. The Kier molecular flexibility index (Phi) is 2.48. The predicted molar refractivity (Wildman–Crippen MR) is 55.0 cm³/mol. The summed E-state index contributed by atoms with van der Waals surface area (Å²) in [4.78, 5) is 27.0. The van der Waals surface area contributed by atoms with Gasteiger partial charge in [-0.25, -0.2) is 9.78 Å². The number of aromatic nitrogens is 5. The lowest BCUT2D eigenvalue weighted by Crippen LogP contribution is -2.38. The lowest BCUT2D eigenvalue weighted by atomic mass is 10.5. The normalized spacial score (nSPS) is 11.4. The summed E-state index contributed by atoms with van der Waals surface area (Å²) in [5.74, 6) is -0.395. The van der Waals surface area contributed by atoms with Crippen LogP contribution in [-0.4, -0.2) is 34.5 Å². The molecule has 90 valence electrons. The van der Waals surface area contributed by atoms with Crippen molar-refractivity contribution in [2.24, 2.45) is 14.1 Å². The molecule has 0 amide bonds. The molecule has 0 fully saturated rings. The second-order valence-corrected chi connectivity index (χ2v) is 3.42. The van der Waals surface area contributed by atoms with E-state index < -0.39 is 23.4 Å². The minimum atomic E-state index is -1.92. The number of nitrogens with zero attached hydrogens (tertiary/aromatic N) is 5. The Morgan fingerprint density at radius 1 is 1.12 bits per heavy atom. The van der Waals surface area contributed by atoms with Crippen LogP contribution in [0, 0.1) is 0 Å². The van der Waals surface area contributed by atoms with Gasteiger partial charge in [0, 0.05) is 14.1 Å². The Hall–Kier alpha value is -2.13. The van der Waals surface area contributed by atoms with E-state index in [0.717, 1.165) is 9.13 Å². The first-order chi connectivity index (χ1) is 7.93. The van der Waals surface area contributed by atoms with Crippen molar-refractivity contribution in [3.63, 3.8) is 0 Å². The minimum absolute atomic E-state index is 0.0116. The number of aliphatic hydroxyl groups excluding tert-OH is 1. The summed E-state index contributed by atoms with van der Waals surface area (Å²) in [5, 5.41) is 24.8. The maximum absolute atomic E-state index is 11.7. The zero-order valence-corrected chi connectivity index (χ0v) is 9.02. The van der Waals surface area contributed by atoms with Crippen LogP contribution in [0.15, 0.2) is 9.59 Å². The molecule has 0 saturated heterocycles. The summed E-state index contributed by atoms with van der Waals surface area (Å²) in [6.45, 7) is 0. The molecule has 0 bridgehead atoms. The SMILES string of the molecule is Cn1c(=O)c2nc(C(O)O)nnc2n(C)c1=O. The van der Waals surface area contributed by atoms with Crippen molar-refractivity contribution >= 4 is 11.2 Å². The molecule has 0 aliphatic rings. The van der Waals surface area contributed by atoms with Crippen LogP contribution in [0.4, 0.5) is 0 Å². The van der Waals surface area contributed by atoms with Gasteiger partial charge in [0.2, 0.25) is 12.1 Å². The van der Waals surface area contributed by atoms with Crippen LogP contribution < -0.4 is 11.2 Å². The molecule has 9 nitrogen and oxygen atoms in total. The van der Waals surface area contributed by atoms with Gasteiger partial charge in [-0.1, -0.05) is 0 Å². The molecule has 17 heavy (non-hydrogen) atoms. The van der Waals surface area contributed by atoms with E-state index in [-0.39, 0.29) is 11.2 Å². The highest BCUT2D eigenvalue weighted by atomic mass is 16.5. The van der Waals surface area contributed by atoms with Gasteiger partial charge in [0.05, 0.1) is 0 Å². The van der Waals surface area contributed by atoms with E-state index in [1.54, 1.807) is 0 Å². The summed E-state index contributed by atoms with van der Waals surface area (Å²) < 4.78 is 1.95. The molecular weight excluding hydrogens is 230 g/mol. The zero-order chi connectivity index (χ0) is 12.7. The van der Waals surface area contributed by atoms with Crippen LogP contribution in [-0.2, 0) is 14.1 Å². The van der Waals surface area contributed by atoms with Crippen molar-refractivity contribution in [1.82, 2.24) is 24.3 Å². The number of fused-ring (bicyclic) bond motifs is 1. The van der Waals surface area contributed by atoms with Crippen LogP contribution >= 0.6 is 0 Å². The van der Waals surface area contributed by atoms with Crippen molar-refractivity contribution < 1.29 is 10.2 Å². The van der Waals surface area contributed by atoms with Gasteiger partial charge in [-0.3, -0.25) is 13.9 Å². The van der Waals surface area contributed by atoms with E-state index in [1.807, 2.05) is 0 Å². The fraction of sp³-hybridized carbons (Fsp3) is 0.375. The van der Waals surface area contributed by atoms with Crippen LogP contribution in [0.2, 0.25) is 0 Å². The molecule has 2 aromatic rings. The summed E-state index contributed by atoms with van der Waals surface area (Å²) >= 11 is 0. The first-order valence-corrected chi connectivity index (χ1v) is 4.60. The van der Waals surface area contributed by atoms with E-state index >= 15 is 0 Å². The van der Waals surface area contributed by atoms with Crippen LogP contribution in [0.1, 0.15) is 12.1 Å². The van der Waals surface area contributed by atoms with E-state index in [0.29, 0.717) is 0 Å². The van der Waals surface area contributed by atoms with Gasteiger partial charge in [0.15, 0.2) is 11.2 Å². The third-order valence-electron chi connectivity index (χ3n) is 2.32.